The van der Waals surface area contributed by atoms with Crippen molar-refractivity contribution in [2.75, 3.05) is 33.9 Å². The monoisotopic (exact) mass is 233 g/mol. The van der Waals surface area contributed by atoms with E-state index in [0.29, 0.717) is 13.2 Å². The lowest BCUT2D eigenvalue weighted by Crippen LogP contribution is -2.50. The van der Waals surface area contributed by atoms with E-state index in [9.17, 15) is 9.90 Å². The van der Waals surface area contributed by atoms with Gasteiger partial charge in [-0.15, -0.1) is 0 Å². The minimum Gasteiger partial charge on any atom is -0.467 e. The van der Waals surface area contributed by atoms with Crippen LogP contribution in [0, 0.1) is 0 Å². The molecule has 0 heterocycles. The molecule has 0 aromatic carbocycles. The van der Waals surface area contributed by atoms with Crippen molar-refractivity contribution in [1.29, 1.82) is 0 Å². The normalized spacial score (nSPS) is 15.2. The van der Waals surface area contributed by atoms with Gasteiger partial charge in [-0.1, -0.05) is 0 Å². The van der Waals surface area contributed by atoms with Crippen molar-refractivity contribution < 1.29 is 19.4 Å². The number of esters is 1. The molecule has 0 spiro atoms. The molecule has 1 atom stereocenters. The Morgan fingerprint density at radius 2 is 2.00 bits per heavy atom. The Balaban J connectivity index is 4.42. The number of carbonyl (C=O) groups is 1. The lowest BCUT2D eigenvalue weighted by molar-refractivity contribution is -0.162. The Bertz CT molecular complexity index is 216. The molecule has 96 valence electrons. The van der Waals surface area contributed by atoms with Crippen molar-refractivity contribution in [2.45, 2.75) is 32.4 Å². The molecular weight excluding hydrogens is 210 g/mol. The molecule has 0 saturated heterocycles. The van der Waals surface area contributed by atoms with Crippen LogP contribution in [0.25, 0.3) is 0 Å². The van der Waals surface area contributed by atoms with Crippen LogP contribution in [0.5, 0.6) is 0 Å². The molecule has 0 aliphatic heterocycles. The SMILES string of the molecule is COCCN(CC(C)(O)C(=O)OC)C(C)C. The van der Waals surface area contributed by atoms with Crippen LogP contribution >= 0.6 is 0 Å². The molecule has 0 rings (SSSR count). The van der Waals surface area contributed by atoms with Gasteiger partial charge in [0.25, 0.3) is 0 Å². The highest BCUT2D eigenvalue weighted by atomic mass is 16.5. The summed E-state index contributed by atoms with van der Waals surface area (Å²) in [6, 6.07) is 0.228. The molecule has 0 bridgehead atoms. The Kier molecular flexibility index (Phi) is 6.55. The second-order valence-corrected chi connectivity index (χ2v) is 4.32. The lowest BCUT2D eigenvalue weighted by atomic mass is 10.1. The van der Waals surface area contributed by atoms with E-state index in [1.54, 1.807) is 7.11 Å². The first kappa shape index (κ1) is 15.3. The third-order valence-electron chi connectivity index (χ3n) is 2.45. The number of hydrogen-bond acceptors (Lipinski definition) is 5. The largest absolute Gasteiger partial charge is 0.467 e. The Labute approximate surface area is 97.3 Å². The molecule has 0 saturated carbocycles. The topological polar surface area (TPSA) is 59.0 Å². The van der Waals surface area contributed by atoms with Crippen LogP contribution in [0.4, 0.5) is 0 Å². The molecule has 1 N–H and O–H groups in total. The fraction of sp³-hybridized carbons (Fsp3) is 0.909. The molecular formula is C11H23NO4. The number of aliphatic hydroxyl groups is 1. The standard InChI is InChI=1S/C11H23NO4/c1-9(2)12(6-7-15-4)8-11(3,14)10(13)16-5/h9,14H,6-8H2,1-5H3. The van der Waals surface area contributed by atoms with Crippen LogP contribution in [0.2, 0.25) is 0 Å². The zero-order chi connectivity index (χ0) is 12.8. The van der Waals surface area contributed by atoms with Crippen molar-refractivity contribution in [3.63, 3.8) is 0 Å². The first-order valence-corrected chi connectivity index (χ1v) is 5.39. The minimum absolute atomic E-state index is 0.228. The third-order valence-corrected chi connectivity index (χ3v) is 2.45. The van der Waals surface area contributed by atoms with Gasteiger partial charge in [-0.25, -0.2) is 4.79 Å². The number of nitrogens with zero attached hydrogens (tertiary/aromatic N) is 1. The van der Waals surface area contributed by atoms with Gasteiger partial charge in [0.2, 0.25) is 0 Å². The summed E-state index contributed by atoms with van der Waals surface area (Å²) in [4.78, 5) is 13.3. The third kappa shape index (κ3) is 4.92. The highest BCUT2D eigenvalue weighted by Gasteiger charge is 2.34. The van der Waals surface area contributed by atoms with E-state index in [1.807, 2.05) is 18.7 Å². The second kappa shape index (κ2) is 6.83. The van der Waals surface area contributed by atoms with E-state index in [0.717, 1.165) is 0 Å². The number of carbonyl (C=O) groups excluding carboxylic acids is 1. The molecule has 0 aliphatic rings. The molecule has 0 aliphatic carbocycles. The maximum atomic E-state index is 11.3. The summed E-state index contributed by atoms with van der Waals surface area (Å²) in [7, 11) is 2.89. The summed E-state index contributed by atoms with van der Waals surface area (Å²) in [5, 5.41) is 9.94. The van der Waals surface area contributed by atoms with E-state index in [-0.39, 0.29) is 12.6 Å². The summed E-state index contributed by atoms with van der Waals surface area (Å²) in [6.45, 7) is 6.94. The number of rotatable bonds is 7. The molecule has 5 nitrogen and oxygen atoms in total. The first-order chi connectivity index (χ1) is 7.35. The van der Waals surface area contributed by atoms with Crippen LogP contribution in [0.15, 0.2) is 0 Å². The molecule has 0 fully saturated rings. The molecule has 0 radical (unpaired) electrons. The van der Waals surface area contributed by atoms with Crippen molar-refractivity contribution in [3.05, 3.63) is 0 Å². The van der Waals surface area contributed by atoms with Gasteiger partial charge in [-0.2, -0.15) is 0 Å². The van der Waals surface area contributed by atoms with Crippen LogP contribution in [-0.2, 0) is 14.3 Å². The zero-order valence-corrected chi connectivity index (χ0v) is 10.8. The lowest BCUT2D eigenvalue weighted by Gasteiger charge is -2.32. The Hall–Kier alpha value is -0.650. The average Bonchev–Trinajstić information content (AvgIpc) is 2.22. The van der Waals surface area contributed by atoms with Crippen molar-refractivity contribution in [1.82, 2.24) is 4.90 Å². The summed E-state index contributed by atoms with van der Waals surface area (Å²) in [5.41, 5.74) is -1.48. The molecule has 1 unspecified atom stereocenters. The van der Waals surface area contributed by atoms with Gasteiger partial charge in [0.15, 0.2) is 5.60 Å². The van der Waals surface area contributed by atoms with Gasteiger partial charge < -0.3 is 14.6 Å². The fourth-order valence-corrected chi connectivity index (χ4v) is 1.41. The van der Waals surface area contributed by atoms with E-state index in [4.69, 9.17) is 4.74 Å². The first-order valence-electron chi connectivity index (χ1n) is 5.39. The van der Waals surface area contributed by atoms with Crippen LogP contribution in [-0.4, -0.2) is 61.5 Å². The van der Waals surface area contributed by atoms with E-state index >= 15 is 0 Å². The van der Waals surface area contributed by atoms with Gasteiger partial charge in [0.1, 0.15) is 0 Å². The maximum absolute atomic E-state index is 11.3. The van der Waals surface area contributed by atoms with Crippen LogP contribution in [0.3, 0.4) is 0 Å². The Morgan fingerprint density at radius 1 is 1.44 bits per heavy atom. The van der Waals surface area contributed by atoms with Crippen molar-refractivity contribution in [3.8, 4) is 0 Å². The predicted octanol–water partition coefficient (Wildman–Crippen LogP) is 0.267. The highest BCUT2D eigenvalue weighted by molar-refractivity contribution is 5.78. The number of hydrogen-bond donors (Lipinski definition) is 1. The molecule has 16 heavy (non-hydrogen) atoms. The summed E-state index contributed by atoms with van der Waals surface area (Å²) < 4.78 is 9.54. The van der Waals surface area contributed by atoms with E-state index in [1.165, 1.54) is 14.0 Å². The van der Waals surface area contributed by atoms with Gasteiger partial charge in [-0.3, -0.25) is 4.90 Å². The summed E-state index contributed by atoms with van der Waals surface area (Å²) in [5.74, 6) is -0.615. The number of ether oxygens (including phenoxy) is 2. The van der Waals surface area contributed by atoms with E-state index in [2.05, 4.69) is 4.74 Å². The molecule has 0 amide bonds. The molecule has 0 aromatic rings. The zero-order valence-electron chi connectivity index (χ0n) is 10.8. The highest BCUT2D eigenvalue weighted by Crippen LogP contribution is 2.11. The van der Waals surface area contributed by atoms with Gasteiger partial charge in [0, 0.05) is 26.2 Å². The molecule has 5 heteroatoms. The van der Waals surface area contributed by atoms with E-state index < -0.39 is 11.6 Å². The number of methoxy groups -OCH3 is 2. The summed E-state index contributed by atoms with van der Waals surface area (Å²) >= 11 is 0. The molecule has 0 aromatic heterocycles. The van der Waals surface area contributed by atoms with Crippen LogP contribution in [0.1, 0.15) is 20.8 Å². The van der Waals surface area contributed by atoms with Gasteiger partial charge in [-0.05, 0) is 20.8 Å². The average molecular weight is 233 g/mol. The minimum atomic E-state index is -1.48. The maximum Gasteiger partial charge on any atom is 0.338 e. The Morgan fingerprint density at radius 3 is 2.38 bits per heavy atom. The van der Waals surface area contributed by atoms with Gasteiger partial charge >= 0.3 is 5.97 Å². The predicted molar refractivity (Wildman–Crippen MR) is 61.2 cm³/mol. The van der Waals surface area contributed by atoms with Crippen molar-refractivity contribution >= 4 is 5.97 Å². The van der Waals surface area contributed by atoms with Crippen molar-refractivity contribution in [2.24, 2.45) is 0 Å². The second-order valence-electron chi connectivity index (χ2n) is 4.32. The smallest absolute Gasteiger partial charge is 0.338 e. The quantitative estimate of drug-likeness (QED) is 0.639. The van der Waals surface area contributed by atoms with Crippen LogP contribution < -0.4 is 0 Å². The fourth-order valence-electron chi connectivity index (χ4n) is 1.41. The van der Waals surface area contributed by atoms with Gasteiger partial charge in [0.05, 0.1) is 13.7 Å². The summed E-state index contributed by atoms with van der Waals surface area (Å²) in [6.07, 6.45) is 0.